The monoisotopic (exact) mass is 357 g/mol. The van der Waals surface area contributed by atoms with E-state index in [-0.39, 0.29) is 22.7 Å². The molecular weight excluding hydrogens is 337 g/mol. The lowest BCUT2D eigenvalue weighted by molar-refractivity contribution is -0.145. The first-order chi connectivity index (χ1) is 8.02. The maximum atomic E-state index is 11.3. The van der Waals surface area contributed by atoms with Gasteiger partial charge in [0.05, 0.1) is 11.0 Å². The van der Waals surface area contributed by atoms with Gasteiger partial charge in [0.2, 0.25) is 5.91 Å². The second kappa shape index (κ2) is 11.8. The van der Waals surface area contributed by atoms with E-state index in [0.29, 0.717) is 6.29 Å². The normalized spacial score (nSPS) is 12.5. The molecule has 1 unspecified atom stereocenters. The first-order valence-corrected chi connectivity index (χ1v) is 6.73. The molecule has 0 rings (SSSR count). The summed E-state index contributed by atoms with van der Waals surface area (Å²) in [4.78, 5) is 32.7. The minimum atomic E-state index is -0.732. The van der Waals surface area contributed by atoms with Crippen molar-refractivity contribution < 1.29 is 19.1 Å². The molecule has 0 aromatic heterocycles. The standard InChI is InChI=1S/C9H14INO4.C2H6/c1-6(10)8(13)11-7(4-3-5-12)9(14)15-2;1-2/h5-7H,3-4H2,1-2H3,(H,11,13);1-2H3/t6?,7-;/m0./s1. The van der Waals surface area contributed by atoms with Gasteiger partial charge in [-0.05, 0) is 13.3 Å². The zero-order valence-electron chi connectivity index (χ0n) is 10.7. The van der Waals surface area contributed by atoms with Crippen LogP contribution in [0.2, 0.25) is 0 Å². The van der Waals surface area contributed by atoms with Crippen LogP contribution in [0.1, 0.15) is 33.6 Å². The van der Waals surface area contributed by atoms with E-state index < -0.39 is 12.0 Å². The summed E-state index contributed by atoms with van der Waals surface area (Å²) in [5.74, 6) is -0.765. The van der Waals surface area contributed by atoms with Gasteiger partial charge in [0.15, 0.2) is 0 Å². The van der Waals surface area contributed by atoms with E-state index in [9.17, 15) is 14.4 Å². The van der Waals surface area contributed by atoms with Gasteiger partial charge in [0, 0.05) is 6.42 Å². The molecule has 0 aliphatic carbocycles. The number of alkyl halides is 1. The van der Waals surface area contributed by atoms with E-state index in [1.807, 2.05) is 36.4 Å². The third-order valence-corrected chi connectivity index (χ3v) is 2.30. The molecule has 0 aliphatic rings. The van der Waals surface area contributed by atoms with Crippen molar-refractivity contribution in [2.75, 3.05) is 7.11 Å². The molecule has 2 atom stereocenters. The third-order valence-electron chi connectivity index (χ3n) is 1.74. The van der Waals surface area contributed by atoms with E-state index in [2.05, 4.69) is 10.1 Å². The van der Waals surface area contributed by atoms with Gasteiger partial charge in [-0.2, -0.15) is 0 Å². The highest BCUT2D eigenvalue weighted by molar-refractivity contribution is 14.1. The van der Waals surface area contributed by atoms with Crippen molar-refractivity contribution in [2.24, 2.45) is 0 Å². The topological polar surface area (TPSA) is 72.5 Å². The van der Waals surface area contributed by atoms with Crippen molar-refractivity contribution in [1.82, 2.24) is 5.32 Å². The SMILES string of the molecule is CC.COC(=O)[C@H](CCC=O)NC(=O)C(C)I. The summed E-state index contributed by atoms with van der Waals surface area (Å²) in [6.45, 7) is 5.71. The van der Waals surface area contributed by atoms with E-state index in [1.54, 1.807) is 6.92 Å². The van der Waals surface area contributed by atoms with E-state index in [1.165, 1.54) is 7.11 Å². The summed E-state index contributed by atoms with van der Waals surface area (Å²) < 4.78 is 4.29. The van der Waals surface area contributed by atoms with Gasteiger partial charge in [-0.1, -0.05) is 36.4 Å². The Balaban J connectivity index is 0. The molecule has 100 valence electrons. The zero-order chi connectivity index (χ0) is 13.8. The number of nitrogens with one attached hydrogen (secondary N) is 1. The molecule has 5 nitrogen and oxygen atoms in total. The Hall–Kier alpha value is -0.660. The third kappa shape index (κ3) is 9.08. The van der Waals surface area contributed by atoms with Crippen LogP contribution in [0.5, 0.6) is 0 Å². The Morgan fingerprint density at radius 3 is 2.29 bits per heavy atom. The summed E-state index contributed by atoms with van der Waals surface area (Å²) in [6.07, 6.45) is 1.19. The molecule has 0 bridgehead atoms. The molecule has 0 fully saturated rings. The molecule has 0 aliphatic heterocycles. The van der Waals surface area contributed by atoms with Gasteiger partial charge in [-0.3, -0.25) is 4.79 Å². The Morgan fingerprint density at radius 1 is 1.41 bits per heavy atom. The van der Waals surface area contributed by atoms with E-state index in [4.69, 9.17) is 0 Å². The van der Waals surface area contributed by atoms with Gasteiger partial charge in [-0.15, -0.1) is 0 Å². The Bertz CT molecular complexity index is 244. The minimum Gasteiger partial charge on any atom is -0.467 e. The first kappa shape index (κ1) is 18.7. The summed E-state index contributed by atoms with van der Waals surface area (Å²) in [5, 5.41) is 2.52. The van der Waals surface area contributed by atoms with Gasteiger partial charge in [0.1, 0.15) is 12.3 Å². The second-order valence-electron chi connectivity index (χ2n) is 2.94. The lowest BCUT2D eigenvalue weighted by atomic mass is 10.1. The van der Waals surface area contributed by atoms with Crippen LogP contribution in [0.3, 0.4) is 0 Å². The van der Waals surface area contributed by atoms with Crippen LogP contribution in [0, 0.1) is 0 Å². The fraction of sp³-hybridized carbons (Fsp3) is 0.727. The number of ether oxygens (including phenoxy) is 1. The van der Waals surface area contributed by atoms with Crippen molar-refractivity contribution in [3.8, 4) is 0 Å². The molecule has 0 saturated heterocycles. The molecule has 0 aromatic rings. The maximum absolute atomic E-state index is 11.3. The number of hydrogen-bond donors (Lipinski definition) is 1. The lowest BCUT2D eigenvalue weighted by Gasteiger charge is -2.16. The van der Waals surface area contributed by atoms with Crippen molar-refractivity contribution in [3.05, 3.63) is 0 Å². The number of halogens is 1. The number of aldehydes is 1. The number of amides is 1. The van der Waals surface area contributed by atoms with Crippen LogP contribution in [0.25, 0.3) is 0 Å². The lowest BCUT2D eigenvalue weighted by Crippen LogP contribution is -2.44. The van der Waals surface area contributed by atoms with Gasteiger partial charge in [0.25, 0.3) is 0 Å². The highest BCUT2D eigenvalue weighted by Gasteiger charge is 2.22. The van der Waals surface area contributed by atoms with Gasteiger partial charge >= 0.3 is 5.97 Å². The van der Waals surface area contributed by atoms with Crippen LogP contribution in [-0.4, -0.2) is 35.2 Å². The molecule has 0 spiro atoms. The maximum Gasteiger partial charge on any atom is 0.328 e. The number of methoxy groups -OCH3 is 1. The molecule has 0 heterocycles. The number of carbonyl (C=O) groups is 3. The number of hydrogen-bond acceptors (Lipinski definition) is 4. The summed E-state index contributed by atoms with van der Waals surface area (Å²) in [6, 6.07) is -0.732. The van der Waals surface area contributed by atoms with Gasteiger partial charge in [-0.25, -0.2) is 4.79 Å². The van der Waals surface area contributed by atoms with Crippen molar-refractivity contribution >= 4 is 40.8 Å². The molecule has 17 heavy (non-hydrogen) atoms. The molecule has 6 heteroatoms. The summed E-state index contributed by atoms with van der Waals surface area (Å²) in [5.41, 5.74) is 0. The molecule has 0 saturated carbocycles. The quantitative estimate of drug-likeness (QED) is 0.338. The summed E-state index contributed by atoms with van der Waals surface area (Å²) in [7, 11) is 1.25. The summed E-state index contributed by atoms with van der Waals surface area (Å²) >= 11 is 1.94. The predicted molar refractivity (Wildman–Crippen MR) is 74.1 cm³/mol. The molecular formula is C11H20INO4. The average Bonchev–Trinajstić information content (AvgIpc) is 2.35. The van der Waals surface area contributed by atoms with Crippen molar-refractivity contribution in [2.45, 2.75) is 43.6 Å². The predicted octanol–water partition coefficient (Wildman–Crippen LogP) is 1.47. The smallest absolute Gasteiger partial charge is 0.328 e. The van der Waals surface area contributed by atoms with Crippen LogP contribution in [0.4, 0.5) is 0 Å². The molecule has 0 radical (unpaired) electrons. The highest BCUT2D eigenvalue weighted by atomic mass is 127. The fourth-order valence-electron chi connectivity index (χ4n) is 0.912. The number of carbonyl (C=O) groups excluding carboxylic acids is 3. The fourth-order valence-corrected chi connectivity index (χ4v) is 1.09. The van der Waals surface area contributed by atoms with Crippen molar-refractivity contribution in [1.29, 1.82) is 0 Å². The molecule has 1 amide bonds. The average molecular weight is 357 g/mol. The van der Waals surface area contributed by atoms with Crippen LogP contribution in [-0.2, 0) is 19.1 Å². The highest BCUT2D eigenvalue weighted by Crippen LogP contribution is 2.03. The molecule has 1 N–H and O–H groups in total. The van der Waals surface area contributed by atoms with Crippen LogP contribution >= 0.6 is 22.6 Å². The van der Waals surface area contributed by atoms with Crippen LogP contribution < -0.4 is 5.32 Å². The Kier molecular flexibility index (Phi) is 13.0. The van der Waals surface area contributed by atoms with E-state index >= 15 is 0 Å². The molecule has 0 aromatic carbocycles. The minimum absolute atomic E-state index is 0.218. The van der Waals surface area contributed by atoms with Crippen LogP contribution in [0.15, 0.2) is 0 Å². The van der Waals surface area contributed by atoms with Crippen molar-refractivity contribution in [3.63, 3.8) is 0 Å². The van der Waals surface area contributed by atoms with Gasteiger partial charge < -0.3 is 14.8 Å². The number of esters is 1. The van der Waals surface area contributed by atoms with E-state index in [0.717, 1.165) is 0 Å². The Morgan fingerprint density at radius 2 is 1.94 bits per heavy atom. The first-order valence-electron chi connectivity index (χ1n) is 5.48. The largest absolute Gasteiger partial charge is 0.467 e. The number of rotatable bonds is 6. The Labute approximate surface area is 116 Å². The zero-order valence-corrected chi connectivity index (χ0v) is 12.8. The second-order valence-corrected chi connectivity index (χ2v) is 4.81.